The third-order valence-electron chi connectivity index (χ3n) is 6.77. The molecule has 48 heavy (non-hydrogen) atoms. The number of rotatable bonds is 12. The highest BCUT2D eigenvalue weighted by Gasteiger charge is 2.05. The second kappa shape index (κ2) is 18.0. The lowest BCUT2D eigenvalue weighted by Crippen LogP contribution is -2.23. The smallest absolute Gasteiger partial charge is 0.244 e. The molecule has 0 spiro atoms. The Bertz CT molecular complexity index is 1640. The topological polar surface area (TPSA) is 198 Å². The van der Waals surface area contributed by atoms with Crippen LogP contribution in [-0.4, -0.2) is 69.8 Å². The number of aromatic hydroxyl groups is 6. The SMILES string of the molecule is COc1cc(/C=C/C(=O)NCCc2ccc(O)c(O)c2)ccc1O.COc1cc(/C=C/C(=O)NCCc2ccc(O)c(O)c2)ccc1O. The molecule has 2 amide bonds. The first kappa shape index (κ1) is 36.2. The molecule has 0 bridgehead atoms. The molecular formula is C36H38N2O10. The van der Waals surface area contributed by atoms with Gasteiger partial charge in [-0.05, 0) is 95.8 Å². The summed E-state index contributed by atoms with van der Waals surface area (Å²) < 4.78 is 10.0. The minimum atomic E-state index is -0.259. The Morgan fingerprint density at radius 3 is 1.27 bits per heavy atom. The highest BCUT2D eigenvalue weighted by Crippen LogP contribution is 2.28. The van der Waals surface area contributed by atoms with Gasteiger partial charge in [0.25, 0.3) is 0 Å². The summed E-state index contributed by atoms with van der Waals surface area (Å²) in [6.07, 6.45) is 7.06. The predicted molar refractivity (Wildman–Crippen MR) is 180 cm³/mol. The van der Waals surface area contributed by atoms with E-state index < -0.39 is 0 Å². The van der Waals surface area contributed by atoms with Crippen molar-refractivity contribution in [3.05, 3.63) is 107 Å². The van der Waals surface area contributed by atoms with Crippen LogP contribution in [0.5, 0.6) is 46.0 Å². The zero-order chi connectivity index (χ0) is 35.1. The van der Waals surface area contributed by atoms with Gasteiger partial charge in [0.15, 0.2) is 46.0 Å². The molecule has 0 saturated carbocycles. The quantitative estimate of drug-likeness (QED) is 0.0799. The van der Waals surface area contributed by atoms with Gasteiger partial charge >= 0.3 is 0 Å². The third-order valence-corrected chi connectivity index (χ3v) is 6.77. The van der Waals surface area contributed by atoms with Crippen molar-refractivity contribution in [3.8, 4) is 46.0 Å². The third kappa shape index (κ3) is 11.6. The number of carbonyl (C=O) groups excluding carboxylic acids is 2. The Balaban J connectivity index is 0.000000260. The average molecular weight is 659 g/mol. The molecule has 12 nitrogen and oxygen atoms in total. The predicted octanol–water partition coefficient (Wildman–Crippen LogP) is 4.37. The summed E-state index contributed by atoms with van der Waals surface area (Å²) in [6, 6.07) is 18.7. The van der Waals surface area contributed by atoms with E-state index in [2.05, 4.69) is 10.6 Å². The van der Waals surface area contributed by atoms with E-state index >= 15 is 0 Å². The Labute approximate surface area is 277 Å². The van der Waals surface area contributed by atoms with Crippen LogP contribution < -0.4 is 20.1 Å². The fraction of sp³-hybridized carbons (Fsp3) is 0.167. The summed E-state index contributed by atoms with van der Waals surface area (Å²) in [4.78, 5) is 23.6. The first-order valence-corrected chi connectivity index (χ1v) is 14.7. The number of methoxy groups -OCH3 is 2. The maximum Gasteiger partial charge on any atom is 0.244 e. The monoisotopic (exact) mass is 658 g/mol. The molecule has 0 radical (unpaired) electrons. The van der Waals surface area contributed by atoms with Gasteiger partial charge < -0.3 is 50.7 Å². The standard InChI is InChI=1S/2C18H19NO5/c2*1-24-17-11-12(3-6-15(17)21)4-7-18(23)19-9-8-13-2-5-14(20)16(22)10-13/h2*2-7,10-11,20-22H,8-9H2,1H3,(H,19,23)/b2*7-4+. The van der Waals surface area contributed by atoms with Gasteiger partial charge in [0.1, 0.15) is 0 Å². The van der Waals surface area contributed by atoms with E-state index in [9.17, 15) is 40.2 Å². The largest absolute Gasteiger partial charge is 0.504 e. The molecule has 4 aromatic carbocycles. The number of phenolic OH excluding ortho intramolecular Hbond substituents is 6. The molecule has 0 aliphatic carbocycles. The van der Waals surface area contributed by atoms with Crippen LogP contribution in [0.3, 0.4) is 0 Å². The van der Waals surface area contributed by atoms with Crippen LogP contribution in [-0.2, 0) is 22.4 Å². The molecule has 0 atom stereocenters. The van der Waals surface area contributed by atoms with Crippen molar-refractivity contribution in [1.29, 1.82) is 0 Å². The number of nitrogens with one attached hydrogen (secondary N) is 2. The van der Waals surface area contributed by atoms with Crippen molar-refractivity contribution in [1.82, 2.24) is 10.6 Å². The molecule has 4 aromatic rings. The summed E-state index contributed by atoms with van der Waals surface area (Å²) in [5, 5.41) is 61.8. The fourth-order valence-electron chi connectivity index (χ4n) is 4.17. The van der Waals surface area contributed by atoms with E-state index in [0.717, 1.165) is 22.3 Å². The normalized spacial score (nSPS) is 10.7. The van der Waals surface area contributed by atoms with Crippen molar-refractivity contribution < 1.29 is 49.7 Å². The van der Waals surface area contributed by atoms with Gasteiger partial charge in [-0.25, -0.2) is 0 Å². The second-order valence-corrected chi connectivity index (χ2v) is 10.3. The lowest BCUT2D eigenvalue weighted by molar-refractivity contribution is -0.117. The molecule has 8 N–H and O–H groups in total. The van der Waals surface area contributed by atoms with Gasteiger partial charge in [-0.15, -0.1) is 0 Å². The number of hydrogen-bond donors (Lipinski definition) is 8. The highest BCUT2D eigenvalue weighted by molar-refractivity contribution is 5.92. The lowest BCUT2D eigenvalue weighted by Gasteiger charge is -2.05. The molecule has 0 aliphatic rings. The first-order valence-electron chi connectivity index (χ1n) is 14.7. The van der Waals surface area contributed by atoms with Crippen LogP contribution in [0.2, 0.25) is 0 Å². The average Bonchev–Trinajstić information content (AvgIpc) is 3.07. The number of carbonyl (C=O) groups is 2. The lowest BCUT2D eigenvalue weighted by atomic mass is 10.1. The number of hydrogen-bond acceptors (Lipinski definition) is 10. The van der Waals surface area contributed by atoms with Gasteiger partial charge in [-0.2, -0.15) is 0 Å². The Hall–Kier alpha value is -6.30. The summed E-state index contributed by atoms with van der Waals surface area (Å²) >= 11 is 0. The van der Waals surface area contributed by atoms with Crippen molar-refractivity contribution >= 4 is 24.0 Å². The van der Waals surface area contributed by atoms with E-state index in [1.165, 1.54) is 62.8 Å². The van der Waals surface area contributed by atoms with Crippen molar-refractivity contribution in [3.63, 3.8) is 0 Å². The Morgan fingerprint density at radius 2 is 0.917 bits per heavy atom. The molecule has 0 unspecified atom stereocenters. The minimum Gasteiger partial charge on any atom is -0.504 e. The highest BCUT2D eigenvalue weighted by atomic mass is 16.5. The van der Waals surface area contributed by atoms with Gasteiger partial charge in [-0.3, -0.25) is 9.59 Å². The van der Waals surface area contributed by atoms with Crippen LogP contribution in [0, 0.1) is 0 Å². The van der Waals surface area contributed by atoms with Crippen LogP contribution in [0.1, 0.15) is 22.3 Å². The van der Waals surface area contributed by atoms with Gasteiger partial charge in [0.2, 0.25) is 11.8 Å². The summed E-state index contributed by atoms with van der Waals surface area (Å²) in [6.45, 7) is 0.790. The molecule has 0 fully saturated rings. The number of phenols is 6. The molecule has 0 heterocycles. The van der Waals surface area contributed by atoms with Crippen LogP contribution in [0.4, 0.5) is 0 Å². The van der Waals surface area contributed by atoms with Gasteiger partial charge in [0, 0.05) is 25.2 Å². The van der Waals surface area contributed by atoms with Crippen LogP contribution in [0.15, 0.2) is 84.9 Å². The number of amides is 2. The number of benzene rings is 4. The Morgan fingerprint density at radius 1 is 0.542 bits per heavy atom. The van der Waals surface area contributed by atoms with Crippen LogP contribution >= 0.6 is 0 Å². The number of ether oxygens (including phenoxy) is 2. The Kier molecular flexibility index (Phi) is 13.6. The molecule has 0 saturated heterocycles. The molecule has 4 rings (SSSR count). The van der Waals surface area contributed by atoms with E-state index in [-0.39, 0.29) is 46.3 Å². The molecule has 12 heteroatoms. The van der Waals surface area contributed by atoms with Crippen molar-refractivity contribution in [2.75, 3.05) is 27.3 Å². The summed E-state index contributed by atoms with van der Waals surface area (Å²) in [5.74, 6) is -0.470. The van der Waals surface area contributed by atoms with E-state index in [1.807, 2.05) is 0 Å². The molecule has 252 valence electrons. The van der Waals surface area contributed by atoms with E-state index in [1.54, 1.807) is 48.6 Å². The van der Waals surface area contributed by atoms with Crippen LogP contribution in [0.25, 0.3) is 12.2 Å². The first-order chi connectivity index (χ1) is 23.0. The van der Waals surface area contributed by atoms with E-state index in [4.69, 9.17) is 9.47 Å². The molecule has 0 aliphatic heterocycles. The molecular weight excluding hydrogens is 620 g/mol. The zero-order valence-corrected chi connectivity index (χ0v) is 26.4. The van der Waals surface area contributed by atoms with E-state index in [0.29, 0.717) is 37.4 Å². The summed E-state index contributed by atoms with van der Waals surface area (Å²) in [7, 11) is 2.91. The maximum absolute atomic E-state index is 11.8. The minimum absolute atomic E-state index is 0.0382. The fourth-order valence-corrected chi connectivity index (χ4v) is 4.17. The van der Waals surface area contributed by atoms with Gasteiger partial charge in [-0.1, -0.05) is 24.3 Å². The zero-order valence-electron chi connectivity index (χ0n) is 26.4. The van der Waals surface area contributed by atoms with Gasteiger partial charge in [0.05, 0.1) is 14.2 Å². The van der Waals surface area contributed by atoms with Crippen molar-refractivity contribution in [2.24, 2.45) is 0 Å². The second-order valence-electron chi connectivity index (χ2n) is 10.3. The molecule has 0 aromatic heterocycles. The van der Waals surface area contributed by atoms with Crippen molar-refractivity contribution in [2.45, 2.75) is 12.8 Å². The maximum atomic E-state index is 11.8. The summed E-state index contributed by atoms with van der Waals surface area (Å²) in [5.41, 5.74) is 3.06.